The van der Waals surface area contributed by atoms with Gasteiger partial charge in [-0.3, -0.25) is 4.21 Å². The SMILES string of the molecule is O=C1N[C@H](/C=C/CS(=O)c2ccccc2)[C@@H](COCc2ccccc2)N1. The van der Waals surface area contributed by atoms with Gasteiger partial charge < -0.3 is 15.4 Å². The monoisotopic (exact) mass is 370 g/mol. The minimum atomic E-state index is -1.08. The highest BCUT2D eigenvalue weighted by molar-refractivity contribution is 7.85. The van der Waals surface area contributed by atoms with Crippen LogP contribution in [0.2, 0.25) is 0 Å². The Hall–Kier alpha value is -2.44. The number of urea groups is 1. The number of hydrogen-bond donors (Lipinski definition) is 2. The summed E-state index contributed by atoms with van der Waals surface area (Å²) < 4.78 is 18.0. The Morgan fingerprint density at radius 3 is 2.42 bits per heavy atom. The van der Waals surface area contributed by atoms with E-state index in [9.17, 15) is 9.00 Å². The predicted molar refractivity (Wildman–Crippen MR) is 102 cm³/mol. The van der Waals surface area contributed by atoms with Crippen LogP contribution in [-0.2, 0) is 22.1 Å². The van der Waals surface area contributed by atoms with Gasteiger partial charge in [-0.25, -0.2) is 4.79 Å². The van der Waals surface area contributed by atoms with Crippen molar-refractivity contribution < 1.29 is 13.7 Å². The summed E-state index contributed by atoms with van der Waals surface area (Å²) in [6.07, 6.45) is 3.74. The number of carbonyl (C=O) groups excluding carboxylic acids is 1. The van der Waals surface area contributed by atoms with Gasteiger partial charge >= 0.3 is 6.03 Å². The van der Waals surface area contributed by atoms with Crippen LogP contribution in [0.4, 0.5) is 4.79 Å². The van der Waals surface area contributed by atoms with E-state index in [0.717, 1.165) is 10.5 Å². The Morgan fingerprint density at radius 2 is 1.69 bits per heavy atom. The largest absolute Gasteiger partial charge is 0.375 e. The summed E-state index contributed by atoms with van der Waals surface area (Å²) >= 11 is 0. The van der Waals surface area contributed by atoms with Crippen molar-refractivity contribution in [2.24, 2.45) is 0 Å². The first-order valence-electron chi connectivity index (χ1n) is 8.51. The van der Waals surface area contributed by atoms with Crippen LogP contribution in [0.15, 0.2) is 77.7 Å². The van der Waals surface area contributed by atoms with Crippen molar-refractivity contribution in [2.45, 2.75) is 23.6 Å². The summed E-state index contributed by atoms with van der Waals surface area (Å²) in [6.45, 7) is 0.909. The molecule has 6 heteroatoms. The average Bonchev–Trinajstić information content (AvgIpc) is 3.03. The van der Waals surface area contributed by atoms with E-state index in [-0.39, 0.29) is 18.1 Å². The Balaban J connectivity index is 1.49. The number of nitrogens with one attached hydrogen (secondary N) is 2. The third-order valence-corrected chi connectivity index (χ3v) is 5.35. The van der Waals surface area contributed by atoms with Crippen LogP contribution in [0.25, 0.3) is 0 Å². The molecule has 1 fully saturated rings. The molecule has 136 valence electrons. The second-order valence-electron chi connectivity index (χ2n) is 6.00. The molecule has 1 aliphatic heterocycles. The number of rotatable bonds is 8. The minimum absolute atomic E-state index is 0.146. The number of hydrogen-bond acceptors (Lipinski definition) is 3. The standard InChI is InChI=1S/C20H22N2O3S/c23-20-21-18(12-7-13-26(24)17-10-5-2-6-11-17)19(22-20)15-25-14-16-8-3-1-4-9-16/h1-12,18-19H,13-15H2,(H2,21,22,23)/b12-7+/t18-,19-,26?/m1/s1. The molecule has 3 rings (SSSR count). The van der Waals surface area contributed by atoms with Crippen LogP contribution in [0.3, 0.4) is 0 Å². The van der Waals surface area contributed by atoms with Crippen molar-refractivity contribution in [3.05, 3.63) is 78.4 Å². The molecule has 1 aliphatic rings. The molecule has 2 amide bonds. The maximum atomic E-state index is 12.2. The van der Waals surface area contributed by atoms with E-state index in [4.69, 9.17) is 4.74 Å². The Morgan fingerprint density at radius 1 is 1.00 bits per heavy atom. The summed E-state index contributed by atoms with van der Waals surface area (Å²) in [6, 6.07) is 18.7. The fourth-order valence-electron chi connectivity index (χ4n) is 2.72. The van der Waals surface area contributed by atoms with Crippen molar-refractivity contribution in [3.63, 3.8) is 0 Å². The Kier molecular flexibility index (Phi) is 6.57. The topological polar surface area (TPSA) is 67.4 Å². The zero-order valence-corrected chi connectivity index (χ0v) is 15.2. The van der Waals surface area contributed by atoms with E-state index in [1.807, 2.05) is 72.8 Å². The Bertz CT molecular complexity index is 765. The lowest BCUT2D eigenvalue weighted by Crippen LogP contribution is -2.36. The van der Waals surface area contributed by atoms with Gasteiger partial charge in [-0.15, -0.1) is 0 Å². The van der Waals surface area contributed by atoms with Crippen molar-refractivity contribution in [1.82, 2.24) is 10.6 Å². The fraction of sp³-hybridized carbons (Fsp3) is 0.250. The van der Waals surface area contributed by atoms with Gasteiger partial charge in [-0.05, 0) is 17.7 Å². The van der Waals surface area contributed by atoms with Gasteiger partial charge in [0.25, 0.3) is 0 Å². The van der Waals surface area contributed by atoms with Crippen LogP contribution in [0, 0.1) is 0 Å². The molecule has 0 spiro atoms. The van der Waals surface area contributed by atoms with Crippen molar-refractivity contribution >= 4 is 16.8 Å². The summed E-state index contributed by atoms with van der Waals surface area (Å²) in [5.74, 6) is 0.411. The summed E-state index contributed by atoms with van der Waals surface area (Å²) in [7, 11) is -1.08. The van der Waals surface area contributed by atoms with Crippen molar-refractivity contribution in [1.29, 1.82) is 0 Å². The third kappa shape index (κ3) is 5.28. The lowest BCUT2D eigenvalue weighted by molar-refractivity contribution is 0.102. The molecule has 0 bridgehead atoms. The number of benzene rings is 2. The van der Waals surface area contributed by atoms with E-state index >= 15 is 0 Å². The van der Waals surface area contributed by atoms with Crippen LogP contribution in [-0.4, -0.2) is 34.7 Å². The van der Waals surface area contributed by atoms with E-state index in [0.29, 0.717) is 19.0 Å². The molecule has 2 aromatic rings. The van der Waals surface area contributed by atoms with Crippen molar-refractivity contribution in [2.75, 3.05) is 12.4 Å². The summed E-state index contributed by atoms with van der Waals surface area (Å²) in [4.78, 5) is 12.4. The van der Waals surface area contributed by atoms with Crippen LogP contribution in [0.5, 0.6) is 0 Å². The zero-order chi connectivity index (χ0) is 18.2. The molecule has 1 saturated heterocycles. The second-order valence-corrected chi connectivity index (χ2v) is 7.50. The smallest absolute Gasteiger partial charge is 0.315 e. The average molecular weight is 370 g/mol. The van der Waals surface area contributed by atoms with E-state index < -0.39 is 10.8 Å². The van der Waals surface area contributed by atoms with Crippen LogP contribution in [0.1, 0.15) is 5.56 Å². The minimum Gasteiger partial charge on any atom is -0.375 e. The maximum Gasteiger partial charge on any atom is 0.315 e. The van der Waals surface area contributed by atoms with Gasteiger partial charge in [0.15, 0.2) is 0 Å². The molecule has 0 aliphatic carbocycles. The quantitative estimate of drug-likeness (QED) is 0.702. The zero-order valence-electron chi connectivity index (χ0n) is 14.3. The first-order valence-corrected chi connectivity index (χ1v) is 9.83. The lowest BCUT2D eigenvalue weighted by Gasteiger charge is -2.15. The second kappa shape index (κ2) is 9.31. The summed E-state index contributed by atoms with van der Waals surface area (Å²) in [5, 5.41) is 5.71. The maximum absolute atomic E-state index is 12.2. The van der Waals surface area contributed by atoms with Crippen molar-refractivity contribution in [3.8, 4) is 0 Å². The number of amides is 2. The van der Waals surface area contributed by atoms with Gasteiger partial charge in [0.05, 0.1) is 36.1 Å². The normalized spacial score (nSPS) is 20.7. The molecule has 3 atom stereocenters. The molecular formula is C20H22N2O3S. The molecule has 1 heterocycles. The van der Waals surface area contributed by atoms with Gasteiger partial charge in [0, 0.05) is 10.6 Å². The number of ether oxygens (including phenoxy) is 1. The third-order valence-electron chi connectivity index (χ3n) is 4.05. The number of carbonyl (C=O) groups is 1. The highest BCUT2D eigenvalue weighted by Crippen LogP contribution is 2.09. The molecule has 26 heavy (non-hydrogen) atoms. The molecular weight excluding hydrogens is 348 g/mol. The van der Waals surface area contributed by atoms with E-state index in [1.54, 1.807) is 0 Å². The molecule has 2 aromatic carbocycles. The first kappa shape index (κ1) is 18.4. The molecule has 5 nitrogen and oxygen atoms in total. The summed E-state index contributed by atoms with van der Waals surface area (Å²) in [5.41, 5.74) is 1.09. The molecule has 0 aromatic heterocycles. The van der Waals surface area contributed by atoms with E-state index in [1.165, 1.54) is 0 Å². The van der Waals surface area contributed by atoms with E-state index in [2.05, 4.69) is 10.6 Å². The van der Waals surface area contributed by atoms with Gasteiger partial charge in [0.1, 0.15) is 0 Å². The fourth-order valence-corrected chi connectivity index (χ4v) is 3.65. The molecule has 2 N–H and O–H groups in total. The first-order chi connectivity index (χ1) is 12.7. The van der Waals surface area contributed by atoms with Crippen LogP contribution < -0.4 is 10.6 Å². The Labute approximate surface area is 155 Å². The molecule has 0 saturated carbocycles. The van der Waals surface area contributed by atoms with Gasteiger partial charge in [0.2, 0.25) is 0 Å². The predicted octanol–water partition coefficient (Wildman–Crippen LogP) is 2.62. The molecule has 1 unspecified atom stereocenters. The van der Waals surface area contributed by atoms with Gasteiger partial charge in [-0.1, -0.05) is 60.7 Å². The lowest BCUT2D eigenvalue weighted by atomic mass is 10.1. The van der Waals surface area contributed by atoms with Crippen LogP contribution >= 0.6 is 0 Å². The highest BCUT2D eigenvalue weighted by atomic mass is 32.2. The van der Waals surface area contributed by atoms with Gasteiger partial charge in [-0.2, -0.15) is 0 Å². The molecule has 0 radical (unpaired) electrons. The highest BCUT2D eigenvalue weighted by Gasteiger charge is 2.29.